The van der Waals surface area contributed by atoms with Crippen molar-refractivity contribution in [1.29, 1.82) is 0 Å². The fraction of sp³-hybridized carbons (Fsp3) is 0.756. The van der Waals surface area contributed by atoms with E-state index in [1.54, 1.807) is 0 Å². The second kappa shape index (κ2) is 33.6. The van der Waals surface area contributed by atoms with Crippen LogP contribution in [0.2, 0.25) is 0 Å². The molecule has 0 aromatic heterocycles. The van der Waals surface area contributed by atoms with Gasteiger partial charge in [0.15, 0.2) is 0 Å². The summed E-state index contributed by atoms with van der Waals surface area (Å²) in [6.07, 6.45) is 55.6. The molecule has 0 heterocycles. The van der Waals surface area contributed by atoms with Crippen LogP contribution in [0, 0.1) is 5.92 Å². The lowest BCUT2D eigenvalue weighted by atomic mass is 9.84. The maximum absolute atomic E-state index is 13.4. The summed E-state index contributed by atoms with van der Waals surface area (Å²) in [5.74, 6) is 0.134. The molecule has 0 aromatic rings. The molecule has 3 heteroatoms. The van der Waals surface area contributed by atoms with E-state index >= 15 is 0 Å². The van der Waals surface area contributed by atoms with E-state index in [0.717, 1.165) is 57.8 Å². The third kappa shape index (κ3) is 26.1. The summed E-state index contributed by atoms with van der Waals surface area (Å²) in [6, 6.07) is 0.336. The van der Waals surface area contributed by atoms with E-state index in [1.165, 1.54) is 116 Å². The lowest BCUT2D eigenvalue weighted by Gasteiger charge is -2.35. The SMILES string of the molecule is CC/C=C\C/C=C\C/C=C\CCCCCCCCC(CCCCCCCC/C=C\C/C=C/CCCC)OC(=O)C1CCCCC1N(C)C. The molecule has 1 rings (SSSR count). The fourth-order valence-corrected chi connectivity index (χ4v) is 6.86. The van der Waals surface area contributed by atoms with Gasteiger partial charge in [0.2, 0.25) is 0 Å². The monoisotopic (exact) mass is 666 g/mol. The van der Waals surface area contributed by atoms with Crippen LogP contribution in [0.15, 0.2) is 60.8 Å². The van der Waals surface area contributed by atoms with Gasteiger partial charge in [0.05, 0.1) is 5.92 Å². The first-order valence-corrected chi connectivity index (χ1v) is 20.7. The largest absolute Gasteiger partial charge is 0.462 e. The van der Waals surface area contributed by atoms with E-state index in [9.17, 15) is 4.79 Å². The van der Waals surface area contributed by atoms with E-state index in [0.29, 0.717) is 6.04 Å². The lowest BCUT2D eigenvalue weighted by molar-refractivity contribution is -0.158. The molecule has 0 amide bonds. The maximum Gasteiger partial charge on any atom is 0.310 e. The van der Waals surface area contributed by atoms with E-state index in [-0.39, 0.29) is 18.0 Å². The lowest BCUT2D eigenvalue weighted by Crippen LogP contribution is -2.43. The topological polar surface area (TPSA) is 29.5 Å². The first-order valence-electron chi connectivity index (χ1n) is 20.7. The van der Waals surface area contributed by atoms with E-state index < -0.39 is 0 Å². The third-order valence-corrected chi connectivity index (χ3v) is 9.88. The third-order valence-electron chi connectivity index (χ3n) is 9.88. The summed E-state index contributed by atoms with van der Waals surface area (Å²) < 4.78 is 6.32. The highest BCUT2D eigenvalue weighted by atomic mass is 16.5. The average molecular weight is 666 g/mol. The Kier molecular flexibility index (Phi) is 30.9. The van der Waals surface area contributed by atoms with E-state index in [4.69, 9.17) is 4.74 Å². The molecule has 0 N–H and O–H groups in total. The maximum atomic E-state index is 13.4. The van der Waals surface area contributed by atoms with Gasteiger partial charge in [-0.3, -0.25) is 4.79 Å². The summed E-state index contributed by atoms with van der Waals surface area (Å²) in [5, 5.41) is 0. The molecule has 276 valence electrons. The van der Waals surface area contributed by atoms with Gasteiger partial charge in [-0.2, -0.15) is 0 Å². The molecule has 1 aliphatic carbocycles. The van der Waals surface area contributed by atoms with Crippen molar-refractivity contribution in [3.63, 3.8) is 0 Å². The Morgan fingerprint density at radius 1 is 0.583 bits per heavy atom. The standard InChI is InChI=1S/C45H79NO2/c1-5-7-9-11-13-15-17-19-21-23-25-27-29-31-33-35-39-42(48-45(47)43-40-36-37-41-44(43)46(3)4)38-34-32-30-28-26-24-22-20-18-16-14-12-10-8-6-2/h7,9,12-15,18-21,42-44H,5-6,8,10-11,16-17,22-41H2,1-4H3/b9-7-,14-12+,15-13-,20-18-,21-19-. The number of allylic oxidation sites excluding steroid dienone is 10. The van der Waals surface area contributed by atoms with Crippen molar-refractivity contribution < 1.29 is 9.53 Å². The molecule has 0 aromatic carbocycles. The second-order valence-corrected chi connectivity index (χ2v) is 14.5. The normalized spacial score (nSPS) is 18.1. The van der Waals surface area contributed by atoms with Gasteiger partial charge in [0.25, 0.3) is 0 Å². The van der Waals surface area contributed by atoms with Crippen molar-refractivity contribution in [1.82, 2.24) is 4.90 Å². The Labute approximate surface area is 299 Å². The molecular formula is C45H79NO2. The molecule has 3 atom stereocenters. The van der Waals surface area contributed by atoms with Gasteiger partial charge in [0.1, 0.15) is 6.10 Å². The average Bonchev–Trinajstić information content (AvgIpc) is 3.09. The summed E-state index contributed by atoms with van der Waals surface area (Å²) in [5.41, 5.74) is 0. The van der Waals surface area contributed by atoms with Gasteiger partial charge in [-0.15, -0.1) is 0 Å². The summed E-state index contributed by atoms with van der Waals surface area (Å²) >= 11 is 0. The molecule has 3 unspecified atom stereocenters. The van der Waals surface area contributed by atoms with Crippen molar-refractivity contribution in [2.24, 2.45) is 5.92 Å². The number of nitrogens with zero attached hydrogens (tertiary/aromatic N) is 1. The number of carbonyl (C=O) groups is 1. The van der Waals surface area contributed by atoms with Crippen LogP contribution in [0.5, 0.6) is 0 Å². The van der Waals surface area contributed by atoms with Crippen LogP contribution in [0.3, 0.4) is 0 Å². The Morgan fingerprint density at radius 2 is 1.02 bits per heavy atom. The molecule has 0 aliphatic heterocycles. The highest BCUT2D eigenvalue weighted by molar-refractivity contribution is 5.73. The molecule has 0 saturated heterocycles. The van der Waals surface area contributed by atoms with Crippen LogP contribution in [0.25, 0.3) is 0 Å². The molecule has 0 radical (unpaired) electrons. The van der Waals surface area contributed by atoms with Crippen LogP contribution in [0.1, 0.15) is 187 Å². The first-order chi connectivity index (χ1) is 23.6. The van der Waals surface area contributed by atoms with Crippen molar-refractivity contribution in [2.75, 3.05) is 14.1 Å². The van der Waals surface area contributed by atoms with E-state index in [2.05, 4.69) is 93.6 Å². The fourth-order valence-electron chi connectivity index (χ4n) is 6.86. The van der Waals surface area contributed by atoms with Crippen LogP contribution in [-0.4, -0.2) is 37.1 Å². The Balaban J connectivity index is 2.29. The summed E-state index contributed by atoms with van der Waals surface area (Å²) in [4.78, 5) is 15.6. The molecular weight excluding hydrogens is 587 g/mol. The molecule has 1 aliphatic rings. The number of esters is 1. The zero-order chi connectivity index (χ0) is 34.8. The molecule has 1 saturated carbocycles. The highest BCUT2D eigenvalue weighted by Gasteiger charge is 2.34. The number of hydrogen-bond acceptors (Lipinski definition) is 3. The van der Waals surface area contributed by atoms with Gasteiger partial charge in [-0.05, 0) is 110 Å². The van der Waals surface area contributed by atoms with Crippen molar-refractivity contribution in [3.05, 3.63) is 60.8 Å². The van der Waals surface area contributed by atoms with Crippen LogP contribution in [0.4, 0.5) is 0 Å². The molecule has 3 nitrogen and oxygen atoms in total. The number of rotatable bonds is 31. The summed E-state index contributed by atoms with van der Waals surface area (Å²) in [7, 11) is 4.25. The zero-order valence-corrected chi connectivity index (χ0v) is 32.4. The predicted octanol–water partition coefficient (Wildman–Crippen LogP) is 13.8. The van der Waals surface area contributed by atoms with Crippen LogP contribution < -0.4 is 0 Å². The number of hydrogen-bond donors (Lipinski definition) is 0. The smallest absolute Gasteiger partial charge is 0.310 e. The molecule has 0 bridgehead atoms. The van der Waals surface area contributed by atoms with Crippen molar-refractivity contribution >= 4 is 5.97 Å². The van der Waals surface area contributed by atoms with Gasteiger partial charge in [-0.25, -0.2) is 0 Å². The van der Waals surface area contributed by atoms with Gasteiger partial charge < -0.3 is 9.64 Å². The highest BCUT2D eigenvalue weighted by Crippen LogP contribution is 2.29. The minimum absolute atomic E-state index is 0.0513. The first kappa shape index (κ1) is 44.2. The quantitative estimate of drug-likeness (QED) is 0.0419. The number of carbonyl (C=O) groups excluding carboxylic acids is 1. The summed E-state index contributed by atoms with van der Waals surface area (Å²) in [6.45, 7) is 4.43. The predicted molar refractivity (Wildman–Crippen MR) is 213 cm³/mol. The van der Waals surface area contributed by atoms with Gasteiger partial charge >= 0.3 is 5.97 Å². The minimum atomic E-state index is 0.0513. The van der Waals surface area contributed by atoms with Gasteiger partial charge in [-0.1, -0.05) is 152 Å². The molecule has 1 fully saturated rings. The van der Waals surface area contributed by atoms with Crippen molar-refractivity contribution in [2.45, 2.75) is 199 Å². The zero-order valence-electron chi connectivity index (χ0n) is 32.4. The second-order valence-electron chi connectivity index (χ2n) is 14.5. The Morgan fingerprint density at radius 3 is 1.52 bits per heavy atom. The molecule has 48 heavy (non-hydrogen) atoms. The minimum Gasteiger partial charge on any atom is -0.462 e. The Bertz CT molecular complexity index is 866. The molecule has 0 spiro atoms. The van der Waals surface area contributed by atoms with Crippen LogP contribution in [-0.2, 0) is 9.53 Å². The number of ether oxygens (including phenoxy) is 1. The number of unbranched alkanes of at least 4 members (excludes halogenated alkanes) is 14. The van der Waals surface area contributed by atoms with Crippen LogP contribution >= 0.6 is 0 Å². The van der Waals surface area contributed by atoms with Gasteiger partial charge in [0, 0.05) is 6.04 Å². The van der Waals surface area contributed by atoms with E-state index in [1.807, 2.05) is 0 Å². The Hall–Kier alpha value is -1.87. The van der Waals surface area contributed by atoms with Crippen molar-refractivity contribution in [3.8, 4) is 0 Å².